The molecule has 94 valence electrons. The van der Waals surface area contributed by atoms with E-state index in [1.54, 1.807) is 0 Å². The molecule has 1 aliphatic heterocycles. The fourth-order valence-corrected chi connectivity index (χ4v) is 3.25. The van der Waals surface area contributed by atoms with Crippen LogP contribution < -0.4 is 5.32 Å². The number of aryl methyl sites for hydroxylation is 1. The summed E-state index contributed by atoms with van der Waals surface area (Å²) in [5.41, 5.74) is 0. The molecule has 2 aliphatic rings. The van der Waals surface area contributed by atoms with Gasteiger partial charge >= 0.3 is 0 Å². The van der Waals surface area contributed by atoms with Gasteiger partial charge in [0.2, 0.25) is 0 Å². The number of fused-ring (bicyclic) bond motifs is 1. The Balaban J connectivity index is 1.56. The molecule has 0 atom stereocenters. The van der Waals surface area contributed by atoms with E-state index >= 15 is 0 Å². The molecular weight excluding hydrogens is 232 g/mol. The maximum absolute atomic E-state index is 4.31. The van der Waals surface area contributed by atoms with Gasteiger partial charge in [0, 0.05) is 24.3 Å². The Morgan fingerprint density at radius 3 is 3.00 bits per heavy atom. The third-order valence-corrected chi connectivity index (χ3v) is 5.33. The van der Waals surface area contributed by atoms with Crippen LogP contribution in [0.2, 0.25) is 0 Å². The fourth-order valence-electron chi connectivity index (χ4n) is 2.49. The summed E-state index contributed by atoms with van der Waals surface area (Å²) in [5.74, 6) is 2.30. The van der Waals surface area contributed by atoms with Gasteiger partial charge in [-0.2, -0.15) is 11.8 Å². The van der Waals surface area contributed by atoms with Crippen molar-refractivity contribution < 1.29 is 0 Å². The number of nitrogens with zero attached hydrogens (tertiary/aromatic N) is 3. The normalized spacial score (nSPS) is 21.2. The van der Waals surface area contributed by atoms with E-state index in [2.05, 4.69) is 26.3 Å². The van der Waals surface area contributed by atoms with E-state index in [0.717, 1.165) is 31.9 Å². The van der Waals surface area contributed by atoms with Crippen LogP contribution in [0.3, 0.4) is 0 Å². The second kappa shape index (κ2) is 4.61. The van der Waals surface area contributed by atoms with Crippen molar-refractivity contribution in [1.29, 1.82) is 0 Å². The maximum Gasteiger partial charge on any atom is 0.147 e. The van der Waals surface area contributed by atoms with Gasteiger partial charge in [-0.25, -0.2) is 0 Å². The number of thioether (sulfide) groups is 1. The summed E-state index contributed by atoms with van der Waals surface area (Å²) >= 11 is 2.00. The summed E-state index contributed by atoms with van der Waals surface area (Å²) in [7, 11) is 0. The molecule has 1 fully saturated rings. The molecule has 0 saturated heterocycles. The number of rotatable bonds is 5. The summed E-state index contributed by atoms with van der Waals surface area (Å²) in [4.78, 5) is 0. The summed E-state index contributed by atoms with van der Waals surface area (Å²) in [6, 6.07) is 0. The predicted molar refractivity (Wildman–Crippen MR) is 70.1 cm³/mol. The molecule has 0 spiro atoms. The average molecular weight is 252 g/mol. The number of hydrogen-bond acceptors (Lipinski definition) is 4. The van der Waals surface area contributed by atoms with Gasteiger partial charge < -0.3 is 9.88 Å². The molecular formula is C12H20N4S. The molecule has 0 radical (unpaired) electrons. The Kier molecular flexibility index (Phi) is 3.13. The zero-order valence-corrected chi connectivity index (χ0v) is 11.2. The average Bonchev–Trinajstić information content (AvgIpc) is 3.04. The third-order valence-electron chi connectivity index (χ3n) is 3.91. The monoisotopic (exact) mass is 252 g/mol. The van der Waals surface area contributed by atoms with Crippen molar-refractivity contribution in [3.63, 3.8) is 0 Å². The zero-order chi connectivity index (χ0) is 11.7. The third kappa shape index (κ3) is 2.36. The van der Waals surface area contributed by atoms with Gasteiger partial charge in [0.25, 0.3) is 0 Å². The van der Waals surface area contributed by atoms with Crippen LogP contribution in [-0.4, -0.2) is 32.3 Å². The molecule has 4 nitrogen and oxygen atoms in total. The Morgan fingerprint density at radius 2 is 2.24 bits per heavy atom. The molecule has 0 bridgehead atoms. The molecule has 2 heterocycles. The van der Waals surface area contributed by atoms with Crippen LogP contribution in [0.5, 0.6) is 0 Å². The van der Waals surface area contributed by atoms with Crippen molar-refractivity contribution in [3.8, 4) is 0 Å². The summed E-state index contributed by atoms with van der Waals surface area (Å²) in [6.45, 7) is 3.08. The van der Waals surface area contributed by atoms with Crippen molar-refractivity contribution in [2.45, 2.75) is 49.9 Å². The van der Waals surface area contributed by atoms with E-state index in [1.807, 2.05) is 11.8 Å². The van der Waals surface area contributed by atoms with E-state index in [4.69, 9.17) is 0 Å². The highest BCUT2D eigenvalue weighted by atomic mass is 32.2. The lowest BCUT2D eigenvalue weighted by molar-refractivity contribution is 0.496. The largest absolute Gasteiger partial charge is 0.314 e. The van der Waals surface area contributed by atoms with Gasteiger partial charge in [-0.1, -0.05) is 0 Å². The number of aromatic nitrogens is 3. The van der Waals surface area contributed by atoms with Gasteiger partial charge in [0.15, 0.2) is 0 Å². The van der Waals surface area contributed by atoms with Gasteiger partial charge in [-0.15, -0.1) is 10.2 Å². The molecule has 0 unspecified atom stereocenters. The minimum Gasteiger partial charge on any atom is -0.314 e. The highest BCUT2D eigenvalue weighted by molar-refractivity contribution is 8.00. The molecule has 1 aliphatic carbocycles. The van der Waals surface area contributed by atoms with Crippen molar-refractivity contribution in [2.75, 3.05) is 12.8 Å². The van der Waals surface area contributed by atoms with Crippen LogP contribution in [-0.2, 0) is 19.5 Å². The summed E-state index contributed by atoms with van der Waals surface area (Å²) in [5, 5.41) is 12.1. The van der Waals surface area contributed by atoms with E-state index in [-0.39, 0.29) is 0 Å². The van der Waals surface area contributed by atoms with Crippen LogP contribution in [0.4, 0.5) is 0 Å². The van der Waals surface area contributed by atoms with Crippen LogP contribution in [0.15, 0.2) is 0 Å². The van der Waals surface area contributed by atoms with Crippen molar-refractivity contribution in [1.82, 2.24) is 20.1 Å². The van der Waals surface area contributed by atoms with E-state index in [0.29, 0.717) is 4.75 Å². The Labute approximate surface area is 107 Å². The van der Waals surface area contributed by atoms with Crippen LogP contribution in [0.1, 0.15) is 37.3 Å². The molecule has 5 heteroatoms. The van der Waals surface area contributed by atoms with Crippen molar-refractivity contribution in [2.24, 2.45) is 0 Å². The van der Waals surface area contributed by atoms with Crippen LogP contribution in [0, 0.1) is 0 Å². The number of nitrogens with one attached hydrogen (secondary N) is 1. The molecule has 1 aromatic rings. The summed E-state index contributed by atoms with van der Waals surface area (Å²) < 4.78 is 2.83. The minimum atomic E-state index is 0.532. The highest BCUT2D eigenvalue weighted by Crippen LogP contribution is 2.46. The first-order valence-corrected chi connectivity index (χ1v) is 7.72. The molecule has 1 aromatic heterocycles. The Morgan fingerprint density at radius 1 is 1.35 bits per heavy atom. The van der Waals surface area contributed by atoms with Crippen LogP contribution in [0.25, 0.3) is 0 Å². The maximum atomic E-state index is 4.31. The second-order valence-corrected chi connectivity index (χ2v) is 6.41. The predicted octanol–water partition coefficient (Wildman–Crippen LogP) is 1.60. The van der Waals surface area contributed by atoms with Gasteiger partial charge in [0.05, 0.1) is 6.54 Å². The molecule has 1 saturated carbocycles. The van der Waals surface area contributed by atoms with E-state index in [9.17, 15) is 0 Å². The van der Waals surface area contributed by atoms with E-state index in [1.165, 1.54) is 31.5 Å². The van der Waals surface area contributed by atoms with Gasteiger partial charge in [0.1, 0.15) is 11.6 Å². The molecule has 0 aromatic carbocycles. The first-order valence-electron chi connectivity index (χ1n) is 6.50. The molecule has 17 heavy (non-hydrogen) atoms. The minimum absolute atomic E-state index is 0.532. The second-order valence-electron chi connectivity index (χ2n) is 5.13. The smallest absolute Gasteiger partial charge is 0.147 e. The van der Waals surface area contributed by atoms with Crippen LogP contribution >= 0.6 is 11.8 Å². The lowest BCUT2D eigenvalue weighted by atomic mass is 10.2. The Hall–Kier alpha value is -0.550. The Bertz CT molecular complexity index is 397. The molecule has 0 amide bonds. The van der Waals surface area contributed by atoms with Gasteiger partial charge in [-0.05, 0) is 31.9 Å². The number of hydrogen-bond donors (Lipinski definition) is 1. The highest BCUT2D eigenvalue weighted by Gasteiger charge is 2.41. The topological polar surface area (TPSA) is 42.7 Å². The first kappa shape index (κ1) is 11.5. The first-order chi connectivity index (χ1) is 8.33. The van der Waals surface area contributed by atoms with E-state index < -0.39 is 0 Å². The lowest BCUT2D eigenvalue weighted by Crippen LogP contribution is -2.27. The van der Waals surface area contributed by atoms with Gasteiger partial charge in [-0.3, -0.25) is 0 Å². The fraction of sp³-hybridized carbons (Fsp3) is 0.833. The molecule has 1 N–H and O–H groups in total. The molecule has 3 rings (SSSR count). The quantitative estimate of drug-likeness (QED) is 0.864. The van der Waals surface area contributed by atoms with Crippen molar-refractivity contribution in [3.05, 3.63) is 11.6 Å². The van der Waals surface area contributed by atoms with Crippen molar-refractivity contribution >= 4 is 11.8 Å². The SMILES string of the molecule is CSC1(CNCc2nnc3n2CCCC3)CC1. The summed E-state index contributed by atoms with van der Waals surface area (Å²) in [6.07, 6.45) is 8.57. The zero-order valence-electron chi connectivity index (χ0n) is 10.4. The lowest BCUT2D eigenvalue weighted by Gasteiger charge is -2.16. The standard InChI is InChI=1S/C12H20N4S/c1-17-12(5-6-12)9-13-8-11-15-14-10-4-2-3-7-16(10)11/h13H,2-9H2,1H3.